The van der Waals surface area contributed by atoms with Crippen molar-refractivity contribution in [2.75, 3.05) is 11.5 Å². The molecule has 8 nitrogen and oxygen atoms in total. The smallest absolute Gasteiger partial charge is 0.333 e. The number of phenols is 1. The number of carbonyl (C=O) groups is 1. The van der Waals surface area contributed by atoms with Crippen LogP contribution in [0.25, 0.3) is 11.0 Å². The van der Waals surface area contributed by atoms with E-state index in [1.54, 1.807) is 23.6 Å². The first-order chi connectivity index (χ1) is 17.3. The summed E-state index contributed by atoms with van der Waals surface area (Å²) in [5.74, 6) is 1.03. The fourth-order valence-electron chi connectivity index (χ4n) is 5.30. The first-order valence-corrected chi connectivity index (χ1v) is 13.5. The average molecular weight is 513 g/mol. The van der Waals surface area contributed by atoms with E-state index in [4.69, 9.17) is 0 Å². The van der Waals surface area contributed by atoms with Gasteiger partial charge in [0.2, 0.25) is 0 Å². The van der Waals surface area contributed by atoms with E-state index in [0.29, 0.717) is 36.8 Å². The van der Waals surface area contributed by atoms with Crippen LogP contribution in [-0.2, 0) is 0 Å². The average Bonchev–Trinajstić information content (AvgIpc) is 2.88. The fourth-order valence-corrected chi connectivity index (χ4v) is 6.38. The molecule has 1 saturated carbocycles. The summed E-state index contributed by atoms with van der Waals surface area (Å²) < 4.78 is 17.0. The Balaban J connectivity index is 1.40. The largest absolute Gasteiger partial charge is 0.508 e. The number of carbonyl (C=O) groups excluding carboxylic acids is 1. The summed E-state index contributed by atoms with van der Waals surface area (Å²) in [7, 11) is 0. The molecular weight excluding hydrogens is 483 g/mol. The molecule has 3 heterocycles. The molecule has 0 bridgehead atoms. The standard InChI is InChI=1S/C26H29FN4O4S/c1-15-2-3-16(12-22(15)32)24(33)29-18-4-6-19(7-5-18)31-25(34)21-13-17(27)14-28-23(21)30(26(31)35)20-8-10-36-11-9-20/h2-3,12-14,18-20,32H,4-11H2,1H3,(H,29,33). The molecular formula is C26H29FN4O4S. The summed E-state index contributed by atoms with van der Waals surface area (Å²) >= 11 is 1.83. The van der Waals surface area contributed by atoms with Crippen molar-refractivity contribution in [3.8, 4) is 5.75 Å². The summed E-state index contributed by atoms with van der Waals surface area (Å²) in [6.45, 7) is 1.76. The normalized spacial score (nSPS) is 20.9. The van der Waals surface area contributed by atoms with Crippen molar-refractivity contribution in [1.82, 2.24) is 19.4 Å². The highest BCUT2D eigenvalue weighted by atomic mass is 32.2. The Hall–Kier alpha value is -3.14. The van der Waals surface area contributed by atoms with Crippen molar-refractivity contribution in [1.29, 1.82) is 0 Å². The van der Waals surface area contributed by atoms with Gasteiger partial charge in [-0.05, 0) is 80.7 Å². The molecule has 0 atom stereocenters. The number of thioether (sulfide) groups is 1. The highest BCUT2D eigenvalue weighted by Crippen LogP contribution is 2.30. The Bertz CT molecular complexity index is 1420. The molecule has 3 aromatic rings. The topological polar surface area (TPSA) is 106 Å². The Kier molecular flexibility index (Phi) is 6.87. The van der Waals surface area contributed by atoms with Crippen LogP contribution in [0.4, 0.5) is 4.39 Å². The second-order valence-electron chi connectivity index (χ2n) is 9.68. The van der Waals surface area contributed by atoms with Gasteiger partial charge in [0.15, 0.2) is 0 Å². The van der Waals surface area contributed by atoms with Crippen LogP contribution in [-0.4, -0.2) is 42.7 Å². The van der Waals surface area contributed by atoms with E-state index in [9.17, 15) is 23.9 Å². The Morgan fingerprint density at radius 2 is 1.75 bits per heavy atom. The molecule has 190 valence electrons. The van der Waals surface area contributed by atoms with Gasteiger partial charge in [0.05, 0.1) is 11.6 Å². The van der Waals surface area contributed by atoms with Crippen LogP contribution in [0.2, 0.25) is 0 Å². The second kappa shape index (κ2) is 10.1. The third-order valence-electron chi connectivity index (χ3n) is 7.35. The molecule has 2 aliphatic rings. The Labute approximate surface area is 211 Å². The van der Waals surface area contributed by atoms with Crippen molar-refractivity contribution >= 4 is 28.7 Å². The SMILES string of the molecule is Cc1ccc(C(=O)NC2CCC(n3c(=O)c4cc(F)cnc4n(C4CCSCC4)c3=O)CC2)cc1O. The number of phenolic OH excluding ortho intramolecular Hbond substituents is 1. The highest BCUT2D eigenvalue weighted by Gasteiger charge is 2.29. The van der Waals surface area contributed by atoms with E-state index in [0.717, 1.165) is 30.5 Å². The number of hydrogen-bond donors (Lipinski definition) is 2. The molecule has 2 N–H and O–H groups in total. The van der Waals surface area contributed by atoms with Crippen LogP contribution in [0.5, 0.6) is 5.75 Å². The van der Waals surface area contributed by atoms with Crippen LogP contribution >= 0.6 is 11.8 Å². The number of rotatable bonds is 4. The third kappa shape index (κ3) is 4.66. The monoisotopic (exact) mass is 512 g/mol. The number of pyridine rings is 1. The molecule has 1 aromatic carbocycles. The lowest BCUT2D eigenvalue weighted by molar-refractivity contribution is 0.0921. The maximum atomic E-state index is 14.1. The van der Waals surface area contributed by atoms with Crippen LogP contribution in [0, 0.1) is 12.7 Å². The predicted molar refractivity (Wildman–Crippen MR) is 137 cm³/mol. The number of aryl methyl sites for hydroxylation is 1. The van der Waals surface area contributed by atoms with Crippen LogP contribution in [0.15, 0.2) is 40.1 Å². The molecule has 1 aliphatic carbocycles. The molecule has 2 aromatic heterocycles. The van der Waals surface area contributed by atoms with Crippen LogP contribution in [0.1, 0.15) is 66.5 Å². The first kappa shape index (κ1) is 24.5. The zero-order chi connectivity index (χ0) is 25.4. The Morgan fingerprint density at radius 3 is 2.44 bits per heavy atom. The summed E-state index contributed by atoms with van der Waals surface area (Å²) in [4.78, 5) is 43.9. The van der Waals surface area contributed by atoms with Gasteiger partial charge >= 0.3 is 5.69 Å². The lowest BCUT2D eigenvalue weighted by Gasteiger charge is -2.31. The first-order valence-electron chi connectivity index (χ1n) is 12.3. The minimum absolute atomic E-state index is 0.0702. The lowest BCUT2D eigenvalue weighted by atomic mass is 9.90. The van der Waals surface area contributed by atoms with E-state index in [2.05, 4.69) is 10.3 Å². The zero-order valence-corrected chi connectivity index (χ0v) is 20.9. The molecule has 2 fully saturated rings. The minimum atomic E-state index is -0.607. The number of nitrogens with zero attached hydrogens (tertiary/aromatic N) is 3. The quantitative estimate of drug-likeness (QED) is 0.552. The Morgan fingerprint density at radius 1 is 1.06 bits per heavy atom. The number of aromatic nitrogens is 3. The molecule has 5 rings (SSSR count). The van der Waals surface area contributed by atoms with Crippen molar-refractivity contribution in [2.24, 2.45) is 0 Å². The van der Waals surface area contributed by atoms with Gasteiger partial charge in [-0.2, -0.15) is 11.8 Å². The number of aromatic hydroxyl groups is 1. The molecule has 0 unspecified atom stereocenters. The molecule has 1 amide bonds. The maximum Gasteiger partial charge on any atom is 0.333 e. The van der Waals surface area contributed by atoms with Crippen molar-refractivity contribution in [3.63, 3.8) is 0 Å². The van der Waals surface area contributed by atoms with Crippen molar-refractivity contribution in [2.45, 2.75) is 63.6 Å². The number of benzene rings is 1. The van der Waals surface area contributed by atoms with Gasteiger partial charge in [-0.25, -0.2) is 14.2 Å². The maximum absolute atomic E-state index is 14.1. The minimum Gasteiger partial charge on any atom is -0.508 e. The van der Waals surface area contributed by atoms with E-state index < -0.39 is 11.4 Å². The summed E-state index contributed by atoms with van der Waals surface area (Å²) in [6.07, 6.45) is 4.91. The molecule has 1 saturated heterocycles. The second-order valence-corrected chi connectivity index (χ2v) is 10.9. The summed E-state index contributed by atoms with van der Waals surface area (Å²) in [6, 6.07) is 5.48. The van der Waals surface area contributed by atoms with Gasteiger partial charge < -0.3 is 10.4 Å². The number of nitrogens with one attached hydrogen (secondary N) is 1. The van der Waals surface area contributed by atoms with E-state index >= 15 is 0 Å². The van der Waals surface area contributed by atoms with Gasteiger partial charge in [0.1, 0.15) is 17.2 Å². The van der Waals surface area contributed by atoms with Crippen molar-refractivity contribution < 1.29 is 14.3 Å². The fraction of sp³-hybridized carbons (Fsp3) is 0.462. The van der Waals surface area contributed by atoms with Gasteiger partial charge in [-0.15, -0.1) is 0 Å². The molecule has 0 radical (unpaired) electrons. The van der Waals surface area contributed by atoms with Gasteiger partial charge in [-0.3, -0.25) is 18.7 Å². The molecule has 10 heteroatoms. The van der Waals surface area contributed by atoms with E-state index in [1.807, 2.05) is 11.8 Å². The lowest BCUT2D eigenvalue weighted by Crippen LogP contribution is -2.46. The van der Waals surface area contributed by atoms with Gasteiger partial charge in [-0.1, -0.05) is 6.07 Å². The highest BCUT2D eigenvalue weighted by molar-refractivity contribution is 7.99. The summed E-state index contributed by atoms with van der Waals surface area (Å²) in [5, 5.41) is 13.0. The number of hydrogen-bond acceptors (Lipinski definition) is 6. The zero-order valence-electron chi connectivity index (χ0n) is 20.1. The van der Waals surface area contributed by atoms with Crippen molar-refractivity contribution in [3.05, 3.63) is 68.2 Å². The molecule has 0 spiro atoms. The number of fused-ring (bicyclic) bond motifs is 1. The van der Waals surface area contributed by atoms with Crippen LogP contribution < -0.4 is 16.6 Å². The van der Waals surface area contributed by atoms with Gasteiger partial charge in [0, 0.05) is 23.7 Å². The number of amides is 1. The number of halogens is 1. The molecule has 1 aliphatic heterocycles. The third-order valence-corrected chi connectivity index (χ3v) is 8.40. The summed E-state index contributed by atoms with van der Waals surface area (Å²) in [5.41, 5.74) is 0.439. The molecule has 36 heavy (non-hydrogen) atoms. The van der Waals surface area contributed by atoms with E-state index in [1.165, 1.54) is 16.7 Å². The van der Waals surface area contributed by atoms with E-state index in [-0.39, 0.29) is 46.5 Å². The predicted octanol–water partition coefficient (Wildman–Crippen LogP) is 3.69. The van der Waals surface area contributed by atoms with Gasteiger partial charge in [0.25, 0.3) is 11.5 Å². The van der Waals surface area contributed by atoms with Crippen LogP contribution in [0.3, 0.4) is 0 Å².